The van der Waals surface area contributed by atoms with Crippen molar-refractivity contribution in [2.75, 3.05) is 37.5 Å². The Kier molecular flexibility index (Phi) is 6.30. The van der Waals surface area contributed by atoms with Gasteiger partial charge in [0.1, 0.15) is 6.10 Å². The number of nitrogens with one attached hydrogen (secondary N) is 1. The van der Waals surface area contributed by atoms with Crippen molar-refractivity contribution in [3.8, 4) is 22.9 Å². The zero-order chi connectivity index (χ0) is 26.3. The van der Waals surface area contributed by atoms with E-state index < -0.39 is 17.6 Å². The molecule has 1 N–H and O–H groups in total. The number of rotatable bonds is 6. The largest absolute Gasteiger partial charge is 0.493 e. The number of hydrogen-bond acceptors (Lipinski definition) is 9. The molecule has 1 saturated heterocycles. The molecule has 1 fully saturated rings. The van der Waals surface area contributed by atoms with E-state index in [0.29, 0.717) is 36.6 Å². The monoisotopic (exact) mass is 511 g/mol. The molecule has 0 spiro atoms. The molecule has 194 valence electrons. The van der Waals surface area contributed by atoms with Crippen LogP contribution in [0.25, 0.3) is 11.3 Å². The van der Waals surface area contributed by atoms with E-state index in [1.54, 1.807) is 12.1 Å². The van der Waals surface area contributed by atoms with Crippen molar-refractivity contribution in [1.29, 1.82) is 0 Å². The van der Waals surface area contributed by atoms with Gasteiger partial charge in [0.05, 0.1) is 43.2 Å². The fourth-order valence-electron chi connectivity index (χ4n) is 5.18. The minimum absolute atomic E-state index is 0.0539. The van der Waals surface area contributed by atoms with E-state index in [1.807, 2.05) is 6.07 Å². The molecule has 2 atom stereocenters. The fourth-order valence-corrected chi connectivity index (χ4v) is 5.18. The zero-order valence-electron chi connectivity index (χ0n) is 21.0. The minimum atomic E-state index is -0.691. The predicted octanol–water partition coefficient (Wildman–Crippen LogP) is 4.15. The lowest BCUT2D eigenvalue weighted by molar-refractivity contribution is 0.0598. The van der Waals surface area contributed by atoms with E-state index in [-0.39, 0.29) is 34.4 Å². The molecule has 37 heavy (non-hydrogen) atoms. The van der Waals surface area contributed by atoms with Crippen LogP contribution in [-0.4, -0.2) is 60.1 Å². The Morgan fingerprint density at radius 1 is 1.27 bits per heavy atom. The summed E-state index contributed by atoms with van der Waals surface area (Å²) >= 11 is 0. The molecule has 5 rings (SSSR count). The van der Waals surface area contributed by atoms with Crippen molar-refractivity contribution >= 4 is 17.5 Å². The number of anilines is 2. The lowest BCUT2D eigenvalue weighted by Crippen LogP contribution is -2.52. The van der Waals surface area contributed by atoms with Crippen LogP contribution in [0, 0.1) is 18.6 Å². The number of carbonyl (C=O) groups excluding carboxylic acids is 1. The smallest absolute Gasteiger partial charge is 0.339 e. The Morgan fingerprint density at radius 3 is 2.81 bits per heavy atom. The summed E-state index contributed by atoms with van der Waals surface area (Å²) in [6.45, 7) is 4.63. The standard InChI is InChI=1S/C26H27F2N5O4/c1-5-26-10-15(37-24-21(28)14(2)17(11-29-24)25(34)36-4)12-33(26)20-9-19(31-32-23(20)30-13-26)16-7-6-8-18(27)22(16)35-3/h6-9,11,15H,5,10,12-13H2,1-4H3,(H,30,32)/t15-,26-/m1/s1. The van der Waals surface area contributed by atoms with E-state index >= 15 is 4.39 Å². The Hall–Kier alpha value is -4.02. The molecule has 0 amide bonds. The number of nitrogens with zero attached hydrogens (tertiary/aromatic N) is 4. The van der Waals surface area contributed by atoms with Gasteiger partial charge in [0.15, 0.2) is 23.2 Å². The van der Waals surface area contributed by atoms with Gasteiger partial charge in [-0.3, -0.25) is 0 Å². The van der Waals surface area contributed by atoms with Gasteiger partial charge in [-0.1, -0.05) is 13.0 Å². The summed E-state index contributed by atoms with van der Waals surface area (Å²) < 4.78 is 45.4. The van der Waals surface area contributed by atoms with Crippen molar-refractivity contribution < 1.29 is 27.8 Å². The number of aromatic nitrogens is 3. The molecule has 3 aromatic rings. The van der Waals surface area contributed by atoms with Crippen molar-refractivity contribution in [1.82, 2.24) is 15.2 Å². The van der Waals surface area contributed by atoms with Gasteiger partial charge in [-0.05, 0) is 31.5 Å². The van der Waals surface area contributed by atoms with Crippen LogP contribution in [0.3, 0.4) is 0 Å². The van der Waals surface area contributed by atoms with E-state index in [1.165, 1.54) is 33.4 Å². The summed E-state index contributed by atoms with van der Waals surface area (Å²) in [5.41, 5.74) is 1.61. The predicted molar refractivity (Wildman–Crippen MR) is 132 cm³/mol. The molecule has 11 heteroatoms. The average Bonchev–Trinajstić information content (AvgIpc) is 3.30. The second kappa shape index (κ2) is 9.45. The van der Waals surface area contributed by atoms with Gasteiger partial charge >= 0.3 is 5.97 Å². The molecule has 0 radical (unpaired) electrons. The van der Waals surface area contributed by atoms with Crippen LogP contribution >= 0.6 is 0 Å². The van der Waals surface area contributed by atoms with Gasteiger partial charge in [0.2, 0.25) is 0 Å². The number of ether oxygens (including phenoxy) is 3. The minimum Gasteiger partial charge on any atom is -0.493 e. The molecule has 0 saturated carbocycles. The first-order valence-corrected chi connectivity index (χ1v) is 11.9. The van der Waals surface area contributed by atoms with Crippen LogP contribution < -0.4 is 19.7 Å². The van der Waals surface area contributed by atoms with Gasteiger partial charge in [-0.2, -0.15) is 0 Å². The summed E-state index contributed by atoms with van der Waals surface area (Å²) in [4.78, 5) is 18.1. The van der Waals surface area contributed by atoms with Crippen LogP contribution in [-0.2, 0) is 4.74 Å². The Balaban J connectivity index is 1.47. The maximum Gasteiger partial charge on any atom is 0.339 e. The van der Waals surface area contributed by atoms with Gasteiger partial charge in [0.25, 0.3) is 5.88 Å². The third kappa shape index (κ3) is 4.08. The Bertz CT molecular complexity index is 1370. The van der Waals surface area contributed by atoms with Gasteiger partial charge < -0.3 is 24.4 Å². The summed E-state index contributed by atoms with van der Waals surface area (Å²) in [7, 11) is 2.64. The third-order valence-corrected chi connectivity index (χ3v) is 7.24. The first-order valence-electron chi connectivity index (χ1n) is 11.9. The Morgan fingerprint density at radius 2 is 2.08 bits per heavy atom. The van der Waals surface area contributed by atoms with E-state index in [2.05, 4.69) is 32.3 Å². The number of carbonyl (C=O) groups is 1. The Labute approximate surface area is 212 Å². The number of fused-ring (bicyclic) bond motifs is 3. The number of halogens is 2. The number of methoxy groups -OCH3 is 2. The number of pyridine rings is 1. The average molecular weight is 512 g/mol. The topological polar surface area (TPSA) is 98.7 Å². The highest BCUT2D eigenvalue weighted by atomic mass is 19.1. The van der Waals surface area contributed by atoms with Crippen LogP contribution in [0.4, 0.5) is 20.3 Å². The van der Waals surface area contributed by atoms with Crippen LogP contribution in [0.15, 0.2) is 30.5 Å². The quantitative estimate of drug-likeness (QED) is 0.489. The van der Waals surface area contributed by atoms with E-state index in [4.69, 9.17) is 14.2 Å². The van der Waals surface area contributed by atoms with Gasteiger partial charge in [-0.25, -0.2) is 18.6 Å². The first-order chi connectivity index (χ1) is 17.8. The highest BCUT2D eigenvalue weighted by Crippen LogP contribution is 2.45. The molecular weight excluding hydrogens is 484 g/mol. The SMILES string of the molecule is CC[C@@]12CNc3nnc(-c4cccc(F)c4OC)cc3N1C[C@H](Oc1ncc(C(=O)OC)c(C)c1F)C2. The van der Waals surface area contributed by atoms with Gasteiger partial charge in [-0.15, -0.1) is 10.2 Å². The van der Waals surface area contributed by atoms with Crippen LogP contribution in [0.1, 0.15) is 35.7 Å². The molecule has 2 aliphatic rings. The zero-order valence-corrected chi connectivity index (χ0v) is 21.0. The third-order valence-electron chi connectivity index (χ3n) is 7.24. The number of benzene rings is 1. The highest BCUT2D eigenvalue weighted by molar-refractivity contribution is 5.90. The summed E-state index contributed by atoms with van der Waals surface area (Å²) in [5.74, 6) is -1.30. The normalized spacial score (nSPS) is 20.1. The summed E-state index contributed by atoms with van der Waals surface area (Å²) in [5, 5.41) is 12.0. The number of para-hydroxylation sites is 1. The van der Waals surface area contributed by atoms with Crippen LogP contribution in [0.5, 0.6) is 11.6 Å². The molecule has 0 unspecified atom stereocenters. The second-order valence-corrected chi connectivity index (χ2v) is 9.18. The van der Waals surface area contributed by atoms with E-state index in [9.17, 15) is 9.18 Å². The molecule has 0 aliphatic carbocycles. The second-order valence-electron chi connectivity index (χ2n) is 9.18. The summed E-state index contributed by atoms with van der Waals surface area (Å²) in [6.07, 6.45) is 2.29. The molecule has 1 aromatic carbocycles. The fraction of sp³-hybridized carbons (Fsp3) is 0.385. The van der Waals surface area contributed by atoms with E-state index in [0.717, 1.165) is 12.1 Å². The lowest BCUT2D eigenvalue weighted by Gasteiger charge is -2.43. The maximum absolute atomic E-state index is 15.1. The van der Waals surface area contributed by atoms with Crippen LogP contribution in [0.2, 0.25) is 0 Å². The molecule has 4 heterocycles. The maximum atomic E-state index is 15.1. The van der Waals surface area contributed by atoms with Crippen molar-refractivity contribution in [3.63, 3.8) is 0 Å². The molecule has 2 aromatic heterocycles. The van der Waals surface area contributed by atoms with Gasteiger partial charge in [0, 0.05) is 30.3 Å². The first kappa shape index (κ1) is 24.7. The van der Waals surface area contributed by atoms with Crippen molar-refractivity contribution in [2.24, 2.45) is 0 Å². The van der Waals surface area contributed by atoms with Crippen molar-refractivity contribution in [2.45, 2.75) is 38.3 Å². The highest BCUT2D eigenvalue weighted by Gasteiger charge is 2.49. The lowest BCUT2D eigenvalue weighted by atomic mass is 9.90. The number of esters is 1. The molecular formula is C26H27F2N5O4. The molecule has 0 bridgehead atoms. The van der Waals surface area contributed by atoms with Crippen molar-refractivity contribution in [3.05, 3.63) is 53.2 Å². The summed E-state index contributed by atoms with van der Waals surface area (Å²) in [6, 6.07) is 6.50. The number of hydrogen-bond donors (Lipinski definition) is 1. The molecule has 9 nitrogen and oxygen atoms in total. The molecule has 2 aliphatic heterocycles.